The van der Waals surface area contributed by atoms with Gasteiger partial charge in [0.05, 0.1) is 0 Å². The first-order chi connectivity index (χ1) is 12.5. The number of nitrogens with two attached hydrogens (primary N) is 1. The second-order valence-electron chi connectivity index (χ2n) is 6.14. The van der Waals surface area contributed by atoms with Crippen LogP contribution in [-0.4, -0.2) is 33.5 Å². The molecule has 0 aliphatic heterocycles. The smallest absolute Gasteiger partial charge is 0.350 e. The van der Waals surface area contributed by atoms with Crippen LogP contribution in [0.1, 0.15) is 24.2 Å². The number of carbonyl (C=O) groups is 2. The van der Waals surface area contributed by atoms with E-state index in [0.29, 0.717) is 0 Å². The summed E-state index contributed by atoms with van der Waals surface area (Å²) in [6.07, 6.45) is 0. The average Bonchev–Trinajstić information content (AvgIpc) is 2.59. The maximum atomic E-state index is 12.9. The van der Waals surface area contributed by atoms with Gasteiger partial charge < -0.3 is 15.2 Å². The first-order valence-corrected chi connectivity index (χ1v) is 7.76. The second kappa shape index (κ2) is 7.44. The Balaban J connectivity index is 2.09. The van der Waals surface area contributed by atoms with E-state index in [9.17, 15) is 23.6 Å². The maximum Gasteiger partial charge on any atom is 0.350 e. The van der Waals surface area contributed by atoms with Gasteiger partial charge >= 0.3 is 11.7 Å². The SMILES string of the molecule is Cn1c(N)c(C(=O)COC(=O)C(C)(C)Oc2ccc(F)cc2)c(=O)[nH]c1=O. The standard InChI is InChI=1S/C17H18FN3O6/c1-17(2,27-10-6-4-9(18)5-7-10)15(24)26-8-11(22)12-13(19)21(3)16(25)20-14(12)23/h4-7H,8,19H2,1-3H3,(H,20,23,25). The minimum atomic E-state index is -1.49. The Hall–Kier alpha value is -3.43. The number of halogens is 1. The number of hydrogen-bond donors (Lipinski definition) is 2. The van der Waals surface area contributed by atoms with Crippen molar-refractivity contribution in [2.24, 2.45) is 7.05 Å². The van der Waals surface area contributed by atoms with Crippen LogP contribution in [-0.2, 0) is 16.6 Å². The number of nitrogen functional groups attached to an aromatic ring is 1. The summed E-state index contributed by atoms with van der Waals surface area (Å²) in [5.74, 6) is -2.35. The molecule has 0 bridgehead atoms. The normalized spacial score (nSPS) is 11.1. The van der Waals surface area contributed by atoms with Crippen molar-refractivity contribution in [3.63, 3.8) is 0 Å². The number of Topliss-reactive ketones (excluding diaryl/α,β-unsaturated/α-hetero) is 1. The van der Waals surface area contributed by atoms with Crippen LogP contribution < -0.4 is 21.7 Å². The number of hydrogen-bond acceptors (Lipinski definition) is 7. The molecule has 0 atom stereocenters. The molecule has 1 aromatic carbocycles. The third kappa shape index (κ3) is 4.40. The molecule has 1 heterocycles. The summed E-state index contributed by atoms with van der Waals surface area (Å²) < 4.78 is 24.2. The van der Waals surface area contributed by atoms with E-state index in [4.69, 9.17) is 15.2 Å². The molecule has 0 saturated heterocycles. The summed E-state index contributed by atoms with van der Waals surface area (Å²) in [4.78, 5) is 49.6. The van der Waals surface area contributed by atoms with Crippen molar-refractivity contribution in [1.29, 1.82) is 0 Å². The van der Waals surface area contributed by atoms with E-state index in [1.54, 1.807) is 0 Å². The van der Waals surface area contributed by atoms with Crippen molar-refractivity contribution < 1.29 is 23.5 Å². The first kappa shape index (κ1) is 19.9. The van der Waals surface area contributed by atoms with Gasteiger partial charge in [-0.05, 0) is 38.1 Å². The number of ether oxygens (including phenoxy) is 2. The van der Waals surface area contributed by atoms with Crippen molar-refractivity contribution in [2.75, 3.05) is 12.3 Å². The molecule has 0 aliphatic carbocycles. The predicted octanol–water partition coefficient (Wildman–Crippen LogP) is 0.378. The fraction of sp³-hybridized carbons (Fsp3) is 0.294. The van der Waals surface area contributed by atoms with Crippen LogP contribution in [0.2, 0.25) is 0 Å². The van der Waals surface area contributed by atoms with Gasteiger partial charge in [0.2, 0.25) is 5.78 Å². The lowest BCUT2D eigenvalue weighted by Crippen LogP contribution is -2.41. The fourth-order valence-electron chi connectivity index (χ4n) is 2.12. The highest BCUT2D eigenvalue weighted by Gasteiger charge is 2.33. The van der Waals surface area contributed by atoms with Crippen molar-refractivity contribution in [3.05, 3.63) is 56.5 Å². The molecule has 0 aliphatic rings. The van der Waals surface area contributed by atoms with Crippen LogP contribution in [0.15, 0.2) is 33.9 Å². The fourth-order valence-corrected chi connectivity index (χ4v) is 2.12. The van der Waals surface area contributed by atoms with Gasteiger partial charge in [-0.25, -0.2) is 14.0 Å². The van der Waals surface area contributed by atoms with E-state index >= 15 is 0 Å². The first-order valence-electron chi connectivity index (χ1n) is 7.76. The summed E-state index contributed by atoms with van der Waals surface area (Å²) in [7, 11) is 1.27. The number of carbonyl (C=O) groups excluding carboxylic acids is 2. The zero-order chi connectivity index (χ0) is 20.4. The van der Waals surface area contributed by atoms with E-state index in [1.165, 1.54) is 33.0 Å². The number of H-pyrrole nitrogens is 1. The van der Waals surface area contributed by atoms with E-state index in [-0.39, 0.29) is 11.6 Å². The molecule has 27 heavy (non-hydrogen) atoms. The van der Waals surface area contributed by atoms with Crippen LogP contribution in [0.3, 0.4) is 0 Å². The number of nitrogens with zero attached hydrogens (tertiary/aromatic N) is 1. The summed E-state index contributed by atoms with van der Waals surface area (Å²) in [6, 6.07) is 4.99. The van der Waals surface area contributed by atoms with Gasteiger partial charge in [0, 0.05) is 7.05 Å². The van der Waals surface area contributed by atoms with Crippen molar-refractivity contribution in [1.82, 2.24) is 9.55 Å². The monoisotopic (exact) mass is 379 g/mol. The van der Waals surface area contributed by atoms with Gasteiger partial charge in [0.1, 0.15) is 22.9 Å². The number of ketones is 1. The Kier molecular flexibility index (Phi) is 5.48. The van der Waals surface area contributed by atoms with Gasteiger partial charge in [-0.3, -0.25) is 19.1 Å². The Morgan fingerprint density at radius 1 is 1.22 bits per heavy atom. The summed E-state index contributed by atoms with van der Waals surface area (Å²) in [6.45, 7) is 2.02. The van der Waals surface area contributed by atoms with E-state index in [0.717, 1.165) is 16.7 Å². The van der Waals surface area contributed by atoms with Crippen LogP contribution in [0.4, 0.5) is 10.2 Å². The lowest BCUT2D eigenvalue weighted by Gasteiger charge is -2.24. The Labute approximate surface area is 152 Å². The predicted molar refractivity (Wildman–Crippen MR) is 93.1 cm³/mol. The number of aromatic amines is 1. The Bertz CT molecular complexity index is 991. The number of anilines is 1. The molecular weight excluding hydrogens is 361 g/mol. The summed E-state index contributed by atoms with van der Waals surface area (Å²) >= 11 is 0. The van der Waals surface area contributed by atoms with Crippen LogP contribution in [0.25, 0.3) is 0 Å². The molecule has 0 unspecified atom stereocenters. The summed E-state index contributed by atoms with van der Waals surface area (Å²) in [5, 5.41) is 0. The molecule has 2 aromatic rings. The molecule has 0 amide bonds. The van der Waals surface area contributed by atoms with Crippen molar-refractivity contribution >= 4 is 17.6 Å². The highest BCUT2D eigenvalue weighted by atomic mass is 19.1. The van der Waals surface area contributed by atoms with Crippen LogP contribution in [0.5, 0.6) is 5.75 Å². The molecule has 3 N–H and O–H groups in total. The van der Waals surface area contributed by atoms with Gasteiger partial charge in [0.15, 0.2) is 12.2 Å². The number of rotatable bonds is 6. The van der Waals surface area contributed by atoms with E-state index in [1.807, 2.05) is 4.98 Å². The molecule has 0 spiro atoms. The summed E-state index contributed by atoms with van der Waals surface area (Å²) in [5.41, 5.74) is 1.90. The third-order valence-electron chi connectivity index (χ3n) is 3.66. The minimum Gasteiger partial charge on any atom is -0.476 e. The lowest BCUT2D eigenvalue weighted by molar-refractivity contribution is -0.158. The molecular formula is C17H18FN3O6. The van der Waals surface area contributed by atoms with Crippen molar-refractivity contribution in [2.45, 2.75) is 19.4 Å². The maximum absolute atomic E-state index is 12.9. The Morgan fingerprint density at radius 3 is 2.41 bits per heavy atom. The zero-order valence-corrected chi connectivity index (χ0v) is 14.9. The van der Waals surface area contributed by atoms with Crippen LogP contribution >= 0.6 is 0 Å². The van der Waals surface area contributed by atoms with Gasteiger partial charge in [0.25, 0.3) is 5.56 Å². The molecule has 0 radical (unpaired) electrons. The molecule has 2 rings (SSSR count). The van der Waals surface area contributed by atoms with Gasteiger partial charge in [-0.15, -0.1) is 0 Å². The Morgan fingerprint density at radius 2 is 1.81 bits per heavy atom. The number of nitrogens with one attached hydrogen (secondary N) is 1. The second-order valence-corrected chi connectivity index (χ2v) is 6.14. The quantitative estimate of drug-likeness (QED) is 0.547. The third-order valence-corrected chi connectivity index (χ3v) is 3.66. The zero-order valence-electron chi connectivity index (χ0n) is 14.9. The average molecular weight is 379 g/mol. The molecule has 9 nitrogen and oxygen atoms in total. The topological polar surface area (TPSA) is 133 Å². The van der Waals surface area contributed by atoms with E-state index in [2.05, 4.69) is 0 Å². The molecule has 0 saturated carbocycles. The molecule has 10 heteroatoms. The number of aromatic nitrogens is 2. The van der Waals surface area contributed by atoms with Crippen LogP contribution in [0, 0.1) is 5.82 Å². The molecule has 1 aromatic heterocycles. The number of esters is 1. The lowest BCUT2D eigenvalue weighted by atomic mass is 10.1. The van der Waals surface area contributed by atoms with E-state index < -0.39 is 46.6 Å². The highest BCUT2D eigenvalue weighted by molar-refractivity contribution is 6.01. The van der Waals surface area contributed by atoms with Gasteiger partial charge in [-0.2, -0.15) is 0 Å². The minimum absolute atomic E-state index is 0.225. The van der Waals surface area contributed by atoms with Gasteiger partial charge in [-0.1, -0.05) is 0 Å². The number of benzene rings is 1. The highest BCUT2D eigenvalue weighted by Crippen LogP contribution is 2.20. The molecule has 0 fully saturated rings. The largest absolute Gasteiger partial charge is 0.476 e. The van der Waals surface area contributed by atoms with Crippen molar-refractivity contribution in [3.8, 4) is 5.75 Å². The molecule has 144 valence electrons.